The normalized spacial score (nSPS) is 14.1. The second-order valence-corrected chi connectivity index (χ2v) is 4.69. The SMILES string of the molecule is CCC(CC)O[SiH2]C(C)C#N. The largest absolute Gasteiger partial charge is 0.420 e. The Labute approximate surface area is 71.5 Å². The van der Waals surface area contributed by atoms with Crippen LogP contribution in [0.1, 0.15) is 33.6 Å². The monoisotopic (exact) mass is 171 g/mol. The zero-order valence-electron chi connectivity index (χ0n) is 7.63. The van der Waals surface area contributed by atoms with Crippen LogP contribution in [0.3, 0.4) is 0 Å². The van der Waals surface area contributed by atoms with Gasteiger partial charge in [0.1, 0.15) is 0 Å². The number of nitriles is 1. The number of nitrogens with zero attached hydrogens (tertiary/aromatic N) is 1. The van der Waals surface area contributed by atoms with Gasteiger partial charge in [0.25, 0.3) is 0 Å². The molecule has 1 unspecified atom stereocenters. The third-order valence-corrected chi connectivity index (χ3v) is 3.06. The zero-order valence-corrected chi connectivity index (χ0v) is 9.05. The first kappa shape index (κ1) is 10.7. The highest BCUT2D eigenvalue weighted by molar-refractivity contribution is 6.30. The minimum Gasteiger partial charge on any atom is -0.420 e. The Morgan fingerprint density at radius 3 is 2.36 bits per heavy atom. The number of hydrogen-bond acceptors (Lipinski definition) is 2. The molecular formula is C8H17NOSi. The molecule has 3 heteroatoms. The van der Waals surface area contributed by atoms with E-state index in [0.29, 0.717) is 6.10 Å². The van der Waals surface area contributed by atoms with Crippen molar-refractivity contribution in [2.45, 2.75) is 45.3 Å². The van der Waals surface area contributed by atoms with Gasteiger partial charge in [0, 0.05) is 6.10 Å². The number of hydrogen-bond donors (Lipinski definition) is 0. The minimum absolute atomic E-state index is 0.163. The summed E-state index contributed by atoms with van der Waals surface area (Å²) in [5.74, 6) is 0. The van der Waals surface area contributed by atoms with Crippen molar-refractivity contribution in [2.24, 2.45) is 0 Å². The molecule has 0 radical (unpaired) electrons. The van der Waals surface area contributed by atoms with Gasteiger partial charge in [-0.15, -0.1) is 0 Å². The van der Waals surface area contributed by atoms with Gasteiger partial charge in [-0.1, -0.05) is 20.8 Å². The van der Waals surface area contributed by atoms with Crippen molar-refractivity contribution >= 4 is 9.76 Å². The van der Waals surface area contributed by atoms with E-state index in [1.54, 1.807) is 0 Å². The van der Waals surface area contributed by atoms with Crippen molar-refractivity contribution in [1.29, 1.82) is 5.26 Å². The van der Waals surface area contributed by atoms with Crippen LogP contribution in [0, 0.1) is 11.3 Å². The summed E-state index contributed by atoms with van der Waals surface area (Å²) in [5.41, 5.74) is 0.163. The first-order chi connectivity index (χ1) is 5.24. The first-order valence-corrected chi connectivity index (χ1v) is 5.65. The summed E-state index contributed by atoms with van der Waals surface area (Å²) in [6.45, 7) is 6.19. The van der Waals surface area contributed by atoms with Crippen molar-refractivity contribution in [3.05, 3.63) is 0 Å². The molecule has 0 rings (SSSR count). The molecular weight excluding hydrogens is 154 g/mol. The Kier molecular flexibility index (Phi) is 6.19. The topological polar surface area (TPSA) is 33.0 Å². The van der Waals surface area contributed by atoms with Crippen LogP contribution in [0.4, 0.5) is 0 Å². The van der Waals surface area contributed by atoms with Gasteiger partial charge in [0.2, 0.25) is 0 Å². The Morgan fingerprint density at radius 1 is 1.45 bits per heavy atom. The smallest absolute Gasteiger partial charge is 0.178 e. The summed E-state index contributed by atoms with van der Waals surface area (Å²) in [4.78, 5) is 0. The maximum atomic E-state index is 8.50. The minimum atomic E-state index is -0.595. The van der Waals surface area contributed by atoms with E-state index >= 15 is 0 Å². The van der Waals surface area contributed by atoms with Crippen LogP contribution in [0.5, 0.6) is 0 Å². The molecule has 0 amide bonds. The van der Waals surface area contributed by atoms with Crippen LogP contribution < -0.4 is 0 Å². The molecule has 0 N–H and O–H groups in total. The van der Waals surface area contributed by atoms with Gasteiger partial charge in [-0.05, 0) is 12.8 Å². The zero-order chi connectivity index (χ0) is 8.69. The second-order valence-electron chi connectivity index (χ2n) is 2.80. The van der Waals surface area contributed by atoms with Gasteiger partial charge in [-0.3, -0.25) is 0 Å². The summed E-state index contributed by atoms with van der Waals surface area (Å²) in [6, 6.07) is 2.21. The highest BCUT2D eigenvalue weighted by Gasteiger charge is 2.06. The standard InChI is InChI=1S/C8H17NOSi/c1-4-8(5-2)10-11-7(3)6-9/h7-8H,4-5,11H2,1-3H3. The molecule has 1 atom stereocenters. The molecule has 0 saturated carbocycles. The highest BCUT2D eigenvalue weighted by atomic mass is 28.2. The molecule has 0 fully saturated rings. The molecule has 2 nitrogen and oxygen atoms in total. The van der Waals surface area contributed by atoms with Crippen molar-refractivity contribution in [3.63, 3.8) is 0 Å². The summed E-state index contributed by atoms with van der Waals surface area (Å²) in [6.07, 6.45) is 2.54. The van der Waals surface area contributed by atoms with E-state index in [9.17, 15) is 0 Å². The Morgan fingerprint density at radius 2 is 2.00 bits per heavy atom. The average molecular weight is 171 g/mol. The van der Waals surface area contributed by atoms with Crippen molar-refractivity contribution in [1.82, 2.24) is 0 Å². The van der Waals surface area contributed by atoms with E-state index in [2.05, 4.69) is 19.9 Å². The van der Waals surface area contributed by atoms with Gasteiger partial charge in [-0.25, -0.2) is 0 Å². The fourth-order valence-electron chi connectivity index (χ4n) is 0.842. The lowest BCUT2D eigenvalue weighted by molar-refractivity contribution is 0.201. The maximum Gasteiger partial charge on any atom is 0.178 e. The predicted octanol–water partition coefficient (Wildman–Crippen LogP) is 1.61. The molecule has 0 bridgehead atoms. The quantitative estimate of drug-likeness (QED) is 0.589. The molecule has 11 heavy (non-hydrogen) atoms. The molecule has 0 aromatic carbocycles. The molecule has 0 aliphatic rings. The lowest BCUT2D eigenvalue weighted by Gasteiger charge is -2.14. The van der Waals surface area contributed by atoms with Crippen LogP contribution in [0.15, 0.2) is 0 Å². The lowest BCUT2D eigenvalue weighted by atomic mass is 10.2. The van der Waals surface area contributed by atoms with Gasteiger partial charge < -0.3 is 4.43 Å². The van der Waals surface area contributed by atoms with E-state index in [4.69, 9.17) is 9.69 Å². The van der Waals surface area contributed by atoms with Gasteiger partial charge in [0.15, 0.2) is 9.76 Å². The molecule has 0 aliphatic carbocycles. The Balaban J connectivity index is 3.44. The van der Waals surface area contributed by atoms with Crippen LogP contribution in [0.25, 0.3) is 0 Å². The summed E-state index contributed by atoms with van der Waals surface area (Å²) < 4.78 is 5.61. The van der Waals surface area contributed by atoms with E-state index in [-0.39, 0.29) is 5.54 Å². The van der Waals surface area contributed by atoms with Gasteiger partial charge in [0.05, 0.1) is 11.6 Å². The van der Waals surface area contributed by atoms with Crippen LogP contribution in [-0.2, 0) is 4.43 Å². The molecule has 64 valence electrons. The average Bonchev–Trinajstić information content (AvgIpc) is 2.06. The number of rotatable bonds is 5. The third-order valence-electron chi connectivity index (χ3n) is 1.71. The van der Waals surface area contributed by atoms with Crippen molar-refractivity contribution in [2.75, 3.05) is 0 Å². The molecule has 0 aliphatic heterocycles. The highest BCUT2D eigenvalue weighted by Crippen LogP contribution is 2.06. The predicted molar refractivity (Wildman–Crippen MR) is 49.0 cm³/mol. The summed E-state index contributed by atoms with van der Waals surface area (Å²) in [5, 5.41) is 8.50. The van der Waals surface area contributed by atoms with Crippen LogP contribution in [0.2, 0.25) is 5.54 Å². The molecule has 0 aromatic heterocycles. The van der Waals surface area contributed by atoms with Gasteiger partial charge in [-0.2, -0.15) is 5.26 Å². The Hall–Kier alpha value is -0.333. The van der Waals surface area contributed by atoms with Crippen molar-refractivity contribution < 1.29 is 4.43 Å². The van der Waals surface area contributed by atoms with E-state index < -0.39 is 9.76 Å². The third kappa shape index (κ3) is 4.99. The van der Waals surface area contributed by atoms with Crippen molar-refractivity contribution in [3.8, 4) is 6.07 Å². The van der Waals surface area contributed by atoms with E-state index in [0.717, 1.165) is 12.8 Å². The van der Waals surface area contributed by atoms with Crippen LogP contribution in [-0.4, -0.2) is 15.9 Å². The second kappa shape index (κ2) is 6.38. The molecule has 0 heterocycles. The summed E-state index contributed by atoms with van der Waals surface area (Å²) >= 11 is 0. The Bertz CT molecular complexity index is 129. The lowest BCUT2D eigenvalue weighted by Crippen LogP contribution is -2.15. The fourth-order valence-corrected chi connectivity index (χ4v) is 1.95. The van der Waals surface area contributed by atoms with E-state index in [1.165, 1.54) is 0 Å². The summed E-state index contributed by atoms with van der Waals surface area (Å²) in [7, 11) is -0.595. The molecule has 0 saturated heterocycles. The van der Waals surface area contributed by atoms with E-state index in [1.807, 2.05) is 6.92 Å². The molecule has 0 aromatic rings. The maximum absolute atomic E-state index is 8.50. The van der Waals surface area contributed by atoms with Gasteiger partial charge >= 0.3 is 0 Å². The fraction of sp³-hybridized carbons (Fsp3) is 0.875. The first-order valence-electron chi connectivity index (χ1n) is 4.25. The van der Waals surface area contributed by atoms with Crippen LogP contribution >= 0.6 is 0 Å². The molecule has 0 spiro atoms.